The van der Waals surface area contributed by atoms with Gasteiger partial charge in [-0.3, -0.25) is 4.79 Å². The Balaban J connectivity index is 1.57. The van der Waals surface area contributed by atoms with Gasteiger partial charge in [0.1, 0.15) is 12.4 Å². The lowest BCUT2D eigenvalue weighted by Gasteiger charge is -2.12. The standard InChI is InChI=1S/C26H19N3O2/c27-16-19-10-12-22(13-11-19)26(30)29-28-17-24-23-9-5-4-8-21(23)14-15-25(24)31-18-20-6-2-1-3-7-20/h1-15,17H,18H2,(H,29,30)/b28-17-. The zero-order valence-corrected chi connectivity index (χ0v) is 16.7. The third-order valence-corrected chi connectivity index (χ3v) is 4.80. The van der Waals surface area contributed by atoms with Crippen molar-refractivity contribution in [3.05, 3.63) is 113 Å². The highest BCUT2D eigenvalue weighted by Crippen LogP contribution is 2.27. The molecule has 31 heavy (non-hydrogen) atoms. The van der Waals surface area contributed by atoms with Crippen LogP contribution in [0.1, 0.15) is 27.0 Å². The molecule has 1 amide bonds. The number of carbonyl (C=O) groups excluding carboxylic acids is 1. The molecule has 5 nitrogen and oxygen atoms in total. The van der Waals surface area contributed by atoms with Gasteiger partial charge in [0, 0.05) is 11.1 Å². The van der Waals surface area contributed by atoms with E-state index in [0.717, 1.165) is 21.9 Å². The highest BCUT2D eigenvalue weighted by Gasteiger charge is 2.09. The zero-order chi connectivity index (χ0) is 21.5. The minimum absolute atomic E-state index is 0.354. The number of hydrogen-bond acceptors (Lipinski definition) is 4. The van der Waals surface area contributed by atoms with Crippen molar-refractivity contribution in [3.8, 4) is 11.8 Å². The summed E-state index contributed by atoms with van der Waals surface area (Å²) >= 11 is 0. The SMILES string of the molecule is N#Cc1ccc(C(=O)N/N=C\c2c(OCc3ccccc3)ccc3ccccc23)cc1. The molecule has 4 rings (SSSR count). The largest absolute Gasteiger partial charge is 0.488 e. The predicted molar refractivity (Wildman–Crippen MR) is 121 cm³/mol. The van der Waals surface area contributed by atoms with E-state index < -0.39 is 0 Å². The lowest BCUT2D eigenvalue weighted by Crippen LogP contribution is -2.17. The molecule has 0 saturated carbocycles. The van der Waals surface area contributed by atoms with Crippen LogP contribution in [0, 0.1) is 11.3 Å². The van der Waals surface area contributed by atoms with Crippen LogP contribution in [-0.4, -0.2) is 12.1 Å². The van der Waals surface area contributed by atoms with Gasteiger partial charge >= 0.3 is 0 Å². The second-order valence-corrected chi connectivity index (χ2v) is 6.86. The number of amides is 1. The molecule has 0 radical (unpaired) electrons. The van der Waals surface area contributed by atoms with Crippen molar-refractivity contribution < 1.29 is 9.53 Å². The number of hydrogen-bond donors (Lipinski definition) is 1. The molecule has 0 fully saturated rings. The summed E-state index contributed by atoms with van der Waals surface area (Å²) in [6.45, 7) is 0.428. The molecule has 0 bridgehead atoms. The molecule has 1 N–H and O–H groups in total. The summed E-state index contributed by atoms with van der Waals surface area (Å²) in [4.78, 5) is 12.4. The molecular weight excluding hydrogens is 386 g/mol. The molecule has 0 unspecified atom stereocenters. The van der Waals surface area contributed by atoms with Gasteiger partial charge in [0.25, 0.3) is 5.91 Å². The first-order valence-corrected chi connectivity index (χ1v) is 9.76. The third-order valence-electron chi connectivity index (χ3n) is 4.80. The van der Waals surface area contributed by atoms with E-state index in [1.165, 1.54) is 0 Å². The molecule has 0 spiro atoms. The number of carbonyl (C=O) groups is 1. The van der Waals surface area contributed by atoms with Crippen molar-refractivity contribution in [1.82, 2.24) is 5.43 Å². The van der Waals surface area contributed by atoms with Crippen molar-refractivity contribution in [2.24, 2.45) is 5.10 Å². The molecule has 4 aromatic carbocycles. The molecular formula is C26H19N3O2. The molecule has 0 saturated heterocycles. The lowest BCUT2D eigenvalue weighted by molar-refractivity contribution is 0.0955. The predicted octanol–water partition coefficient (Wildman–Crippen LogP) is 5.05. The Morgan fingerprint density at radius 3 is 2.45 bits per heavy atom. The first-order valence-electron chi connectivity index (χ1n) is 9.76. The van der Waals surface area contributed by atoms with E-state index in [9.17, 15) is 4.79 Å². The Morgan fingerprint density at radius 1 is 0.935 bits per heavy atom. The molecule has 0 aliphatic heterocycles. The van der Waals surface area contributed by atoms with Crippen LogP contribution in [0.4, 0.5) is 0 Å². The van der Waals surface area contributed by atoms with Crippen LogP contribution >= 0.6 is 0 Å². The van der Waals surface area contributed by atoms with Crippen LogP contribution in [0.5, 0.6) is 5.75 Å². The average molecular weight is 405 g/mol. The summed E-state index contributed by atoms with van der Waals surface area (Å²) < 4.78 is 6.06. The number of nitrogens with one attached hydrogen (secondary N) is 1. The van der Waals surface area contributed by atoms with E-state index in [4.69, 9.17) is 10.00 Å². The van der Waals surface area contributed by atoms with Crippen LogP contribution in [-0.2, 0) is 6.61 Å². The van der Waals surface area contributed by atoms with Gasteiger partial charge in [0.2, 0.25) is 0 Å². The maximum atomic E-state index is 12.4. The maximum absolute atomic E-state index is 12.4. The highest BCUT2D eigenvalue weighted by molar-refractivity contribution is 6.03. The van der Waals surface area contributed by atoms with Crippen LogP contribution < -0.4 is 10.2 Å². The van der Waals surface area contributed by atoms with Crippen molar-refractivity contribution in [1.29, 1.82) is 5.26 Å². The van der Waals surface area contributed by atoms with Gasteiger partial charge < -0.3 is 4.74 Å². The van der Waals surface area contributed by atoms with Gasteiger partial charge in [0.15, 0.2) is 0 Å². The van der Waals surface area contributed by atoms with E-state index in [1.807, 2.05) is 72.8 Å². The second-order valence-electron chi connectivity index (χ2n) is 6.86. The summed E-state index contributed by atoms with van der Waals surface area (Å²) in [5.74, 6) is 0.326. The maximum Gasteiger partial charge on any atom is 0.271 e. The summed E-state index contributed by atoms with van der Waals surface area (Å²) in [6, 6.07) is 30.2. The summed E-state index contributed by atoms with van der Waals surface area (Å²) in [5.41, 5.74) is 5.31. The minimum atomic E-state index is -0.354. The number of ether oxygens (including phenoxy) is 1. The molecule has 5 heteroatoms. The van der Waals surface area contributed by atoms with Gasteiger partial charge in [-0.25, -0.2) is 5.43 Å². The monoisotopic (exact) mass is 405 g/mol. The highest BCUT2D eigenvalue weighted by atomic mass is 16.5. The smallest absolute Gasteiger partial charge is 0.271 e. The number of nitrogens with zero attached hydrogens (tertiary/aromatic N) is 2. The van der Waals surface area contributed by atoms with Crippen LogP contribution in [0.2, 0.25) is 0 Å². The molecule has 150 valence electrons. The fourth-order valence-electron chi connectivity index (χ4n) is 3.19. The Bertz CT molecular complexity index is 1270. The molecule has 0 aliphatic rings. The van der Waals surface area contributed by atoms with E-state index in [1.54, 1.807) is 30.5 Å². The van der Waals surface area contributed by atoms with Crippen molar-refractivity contribution in [2.75, 3.05) is 0 Å². The second kappa shape index (κ2) is 9.38. The molecule has 0 aliphatic carbocycles. The quantitative estimate of drug-likeness (QED) is 0.360. The van der Waals surface area contributed by atoms with Crippen LogP contribution in [0.25, 0.3) is 10.8 Å². The summed E-state index contributed by atoms with van der Waals surface area (Å²) in [6.07, 6.45) is 1.60. The zero-order valence-electron chi connectivity index (χ0n) is 16.7. The average Bonchev–Trinajstić information content (AvgIpc) is 2.84. The number of benzene rings is 4. The van der Waals surface area contributed by atoms with Gasteiger partial charge in [-0.2, -0.15) is 10.4 Å². The van der Waals surface area contributed by atoms with Gasteiger partial charge in [-0.15, -0.1) is 0 Å². The fourth-order valence-corrected chi connectivity index (χ4v) is 3.19. The molecule has 0 atom stereocenters. The van der Waals surface area contributed by atoms with Gasteiger partial charge in [0.05, 0.1) is 17.8 Å². The van der Waals surface area contributed by atoms with Crippen LogP contribution in [0.15, 0.2) is 96.1 Å². The molecule has 4 aromatic rings. The van der Waals surface area contributed by atoms with E-state index >= 15 is 0 Å². The molecule has 0 aromatic heterocycles. The van der Waals surface area contributed by atoms with E-state index in [-0.39, 0.29) is 5.91 Å². The Hall–Kier alpha value is -4.43. The minimum Gasteiger partial charge on any atom is -0.488 e. The van der Waals surface area contributed by atoms with Gasteiger partial charge in [-0.1, -0.05) is 60.7 Å². The number of fused-ring (bicyclic) bond motifs is 1. The van der Waals surface area contributed by atoms with Crippen molar-refractivity contribution in [2.45, 2.75) is 6.61 Å². The topological polar surface area (TPSA) is 74.5 Å². The van der Waals surface area contributed by atoms with E-state index in [0.29, 0.717) is 23.5 Å². The Labute approximate surface area is 180 Å². The normalized spacial score (nSPS) is 10.7. The first-order chi connectivity index (χ1) is 15.2. The van der Waals surface area contributed by atoms with Crippen LogP contribution in [0.3, 0.4) is 0 Å². The number of nitriles is 1. The van der Waals surface area contributed by atoms with Crippen molar-refractivity contribution in [3.63, 3.8) is 0 Å². The lowest BCUT2D eigenvalue weighted by atomic mass is 10.0. The molecule has 0 heterocycles. The Morgan fingerprint density at radius 2 is 1.68 bits per heavy atom. The number of hydrazone groups is 1. The number of rotatable bonds is 6. The summed E-state index contributed by atoms with van der Waals surface area (Å²) in [5, 5.41) is 15.1. The fraction of sp³-hybridized carbons (Fsp3) is 0.0385. The first kappa shape index (κ1) is 19.9. The third kappa shape index (κ3) is 4.77. The van der Waals surface area contributed by atoms with Crippen molar-refractivity contribution >= 4 is 22.9 Å². The summed E-state index contributed by atoms with van der Waals surface area (Å²) in [7, 11) is 0. The van der Waals surface area contributed by atoms with E-state index in [2.05, 4.69) is 10.5 Å². The van der Waals surface area contributed by atoms with Gasteiger partial charge in [-0.05, 0) is 46.7 Å². The Kier molecular flexibility index (Phi) is 6.01.